The van der Waals surface area contributed by atoms with Gasteiger partial charge in [0, 0.05) is 6.04 Å². The first-order valence-electron chi connectivity index (χ1n) is 13.0. The molecule has 0 aromatic rings. The molecular weight excluding hydrogens is 362 g/mol. The lowest BCUT2D eigenvalue weighted by atomic mass is 9.59. The lowest BCUT2D eigenvalue weighted by Gasteiger charge is -2.48. The molecule has 0 amide bonds. The number of halogens is 1. The van der Waals surface area contributed by atoms with Crippen LogP contribution in [0.1, 0.15) is 149 Å². The van der Waals surface area contributed by atoms with E-state index in [1.165, 1.54) is 128 Å². The Kier molecular flexibility index (Phi) is 18.2. The minimum absolute atomic E-state index is 0. The molecule has 0 aromatic heterocycles. The summed E-state index contributed by atoms with van der Waals surface area (Å²) in [6, 6.07) is 0.445. The van der Waals surface area contributed by atoms with Gasteiger partial charge in [-0.25, -0.2) is 0 Å². The molecule has 0 aliphatic heterocycles. The third kappa shape index (κ3) is 10.3. The zero-order chi connectivity index (χ0) is 19.8. The average molecular weight is 416 g/mol. The van der Waals surface area contributed by atoms with E-state index < -0.39 is 0 Å². The normalized spacial score (nSPS) is 23.4. The summed E-state index contributed by atoms with van der Waals surface area (Å²) >= 11 is 0. The third-order valence-corrected chi connectivity index (χ3v) is 7.77. The molecule has 2 heteroatoms. The fourth-order valence-electron chi connectivity index (χ4n) is 5.83. The van der Waals surface area contributed by atoms with Gasteiger partial charge in [0.25, 0.3) is 0 Å². The Bertz CT molecular complexity index is 332. The maximum Gasteiger partial charge on any atom is 0.00981 e. The molecule has 0 heterocycles. The van der Waals surface area contributed by atoms with Crippen molar-refractivity contribution in [1.82, 2.24) is 0 Å². The number of rotatable bonds is 17. The molecule has 3 atom stereocenters. The Morgan fingerprint density at radius 2 is 1.25 bits per heavy atom. The molecule has 0 saturated heterocycles. The van der Waals surface area contributed by atoms with Gasteiger partial charge in [-0.1, -0.05) is 124 Å². The Morgan fingerprint density at radius 3 is 1.71 bits per heavy atom. The quantitative estimate of drug-likeness (QED) is 0.235. The standard InChI is InChI=1S/C26H53N.ClH/c1-4-7-8-9-10-11-12-13-14-15-16-17-18-22-25(27)26(6-3)23-20-19-21-24(26)5-2;/h24-25H,4-23,27H2,1-3H3;1H. The molecule has 0 radical (unpaired) electrons. The third-order valence-electron chi connectivity index (χ3n) is 7.77. The van der Waals surface area contributed by atoms with Crippen LogP contribution in [0.25, 0.3) is 0 Å². The van der Waals surface area contributed by atoms with E-state index in [4.69, 9.17) is 5.73 Å². The van der Waals surface area contributed by atoms with Crippen molar-refractivity contribution < 1.29 is 0 Å². The second-order valence-corrected chi connectivity index (χ2v) is 9.58. The van der Waals surface area contributed by atoms with Crippen LogP contribution in [0.4, 0.5) is 0 Å². The van der Waals surface area contributed by atoms with Gasteiger partial charge in [-0.2, -0.15) is 0 Å². The smallest absolute Gasteiger partial charge is 0.00981 e. The Labute approximate surface area is 184 Å². The fraction of sp³-hybridized carbons (Fsp3) is 1.00. The van der Waals surface area contributed by atoms with Crippen LogP contribution in [-0.2, 0) is 0 Å². The van der Waals surface area contributed by atoms with Crippen molar-refractivity contribution in [3.05, 3.63) is 0 Å². The molecule has 1 rings (SSSR count). The van der Waals surface area contributed by atoms with Crippen molar-refractivity contribution in [2.24, 2.45) is 17.1 Å². The van der Waals surface area contributed by atoms with E-state index in [1.807, 2.05) is 0 Å². The number of hydrogen-bond acceptors (Lipinski definition) is 1. The summed E-state index contributed by atoms with van der Waals surface area (Å²) in [7, 11) is 0. The Hall–Kier alpha value is 0.250. The zero-order valence-corrected chi connectivity index (χ0v) is 20.6. The van der Waals surface area contributed by atoms with Crippen LogP contribution >= 0.6 is 12.4 Å². The minimum Gasteiger partial charge on any atom is -0.327 e. The SMILES string of the molecule is CCCCCCCCCCCCCCCC(N)C1(CC)CCCCC1CC.Cl. The van der Waals surface area contributed by atoms with Gasteiger partial charge in [-0.3, -0.25) is 0 Å². The van der Waals surface area contributed by atoms with Gasteiger partial charge in [-0.15, -0.1) is 12.4 Å². The molecule has 2 N–H and O–H groups in total. The van der Waals surface area contributed by atoms with Crippen molar-refractivity contribution in [1.29, 1.82) is 0 Å². The van der Waals surface area contributed by atoms with Gasteiger partial charge in [-0.05, 0) is 37.0 Å². The lowest BCUT2D eigenvalue weighted by molar-refractivity contribution is 0.0494. The summed E-state index contributed by atoms with van der Waals surface area (Å²) in [5.74, 6) is 0.883. The largest absolute Gasteiger partial charge is 0.327 e. The van der Waals surface area contributed by atoms with Crippen molar-refractivity contribution in [3.8, 4) is 0 Å². The topological polar surface area (TPSA) is 26.0 Å². The molecule has 1 saturated carbocycles. The average Bonchev–Trinajstić information content (AvgIpc) is 2.71. The fourth-order valence-corrected chi connectivity index (χ4v) is 5.83. The van der Waals surface area contributed by atoms with E-state index in [-0.39, 0.29) is 12.4 Å². The second-order valence-electron chi connectivity index (χ2n) is 9.58. The molecular formula is C26H54ClN. The van der Waals surface area contributed by atoms with Crippen LogP contribution in [0.5, 0.6) is 0 Å². The highest BCUT2D eigenvalue weighted by Crippen LogP contribution is 2.48. The number of hydrogen-bond donors (Lipinski definition) is 1. The van der Waals surface area contributed by atoms with E-state index in [0.717, 1.165) is 5.92 Å². The van der Waals surface area contributed by atoms with E-state index in [0.29, 0.717) is 11.5 Å². The monoisotopic (exact) mass is 415 g/mol. The highest BCUT2D eigenvalue weighted by molar-refractivity contribution is 5.85. The second kappa shape index (κ2) is 18.1. The Balaban J connectivity index is 0.00000729. The first-order chi connectivity index (χ1) is 13.2. The van der Waals surface area contributed by atoms with Crippen LogP contribution in [0, 0.1) is 11.3 Å². The maximum absolute atomic E-state index is 6.80. The van der Waals surface area contributed by atoms with Gasteiger partial charge in [0.15, 0.2) is 0 Å². The molecule has 170 valence electrons. The molecule has 1 nitrogen and oxygen atoms in total. The van der Waals surface area contributed by atoms with Crippen LogP contribution < -0.4 is 5.73 Å². The maximum atomic E-state index is 6.80. The molecule has 1 fully saturated rings. The molecule has 28 heavy (non-hydrogen) atoms. The highest BCUT2D eigenvalue weighted by atomic mass is 35.5. The van der Waals surface area contributed by atoms with Gasteiger partial charge in [0.05, 0.1) is 0 Å². The van der Waals surface area contributed by atoms with Crippen molar-refractivity contribution in [2.75, 3.05) is 0 Å². The van der Waals surface area contributed by atoms with Crippen LogP contribution in [0.3, 0.4) is 0 Å². The molecule has 3 unspecified atom stereocenters. The van der Waals surface area contributed by atoms with Crippen LogP contribution in [0.15, 0.2) is 0 Å². The minimum atomic E-state index is 0. The van der Waals surface area contributed by atoms with Crippen LogP contribution in [0.2, 0.25) is 0 Å². The number of nitrogens with two attached hydrogens (primary N) is 1. The van der Waals surface area contributed by atoms with Crippen molar-refractivity contribution in [2.45, 2.75) is 155 Å². The summed E-state index contributed by atoms with van der Waals surface area (Å²) < 4.78 is 0. The first kappa shape index (κ1) is 28.2. The summed E-state index contributed by atoms with van der Waals surface area (Å²) in [4.78, 5) is 0. The van der Waals surface area contributed by atoms with E-state index in [9.17, 15) is 0 Å². The molecule has 1 aliphatic rings. The summed E-state index contributed by atoms with van der Waals surface area (Å²) in [6.07, 6.45) is 28.2. The van der Waals surface area contributed by atoms with Crippen molar-refractivity contribution in [3.63, 3.8) is 0 Å². The summed E-state index contributed by atoms with van der Waals surface area (Å²) in [5.41, 5.74) is 7.26. The predicted molar refractivity (Wildman–Crippen MR) is 131 cm³/mol. The van der Waals surface area contributed by atoms with E-state index >= 15 is 0 Å². The molecule has 0 spiro atoms. The number of unbranched alkanes of at least 4 members (excludes halogenated alkanes) is 12. The zero-order valence-electron chi connectivity index (χ0n) is 19.8. The van der Waals surface area contributed by atoms with E-state index in [1.54, 1.807) is 0 Å². The van der Waals surface area contributed by atoms with Crippen molar-refractivity contribution >= 4 is 12.4 Å². The first-order valence-corrected chi connectivity index (χ1v) is 13.0. The Morgan fingerprint density at radius 1 is 0.750 bits per heavy atom. The van der Waals surface area contributed by atoms with Gasteiger partial charge in [0.1, 0.15) is 0 Å². The van der Waals surface area contributed by atoms with Gasteiger partial charge in [0.2, 0.25) is 0 Å². The predicted octanol–water partition coefficient (Wildman–Crippen LogP) is 9.21. The molecule has 1 aliphatic carbocycles. The van der Waals surface area contributed by atoms with E-state index in [2.05, 4.69) is 20.8 Å². The van der Waals surface area contributed by atoms with Gasteiger partial charge < -0.3 is 5.73 Å². The summed E-state index contributed by atoms with van der Waals surface area (Å²) in [6.45, 7) is 7.09. The summed E-state index contributed by atoms with van der Waals surface area (Å²) in [5, 5.41) is 0. The molecule has 0 bridgehead atoms. The molecule has 0 aromatic carbocycles. The van der Waals surface area contributed by atoms with Crippen LogP contribution in [-0.4, -0.2) is 6.04 Å². The lowest BCUT2D eigenvalue weighted by Crippen LogP contribution is -2.48. The van der Waals surface area contributed by atoms with Gasteiger partial charge >= 0.3 is 0 Å². The highest BCUT2D eigenvalue weighted by Gasteiger charge is 2.42.